The number of oxazole rings is 1. The summed E-state index contributed by atoms with van der Waals surface area (Å²) in [5.41, 5.74) is 0. The summed E-state index contributed by atoms with van der Waals surface area (Å²) in [6.07, 6.45) is 1.47. The van der Waals surface area contributed by atoms with Crippen molar-refractivity contribution < 1.29 is 4.42 Å². The van der Waals surface area contributed by atoms with Crippen LogP contribution in [-0.2, 0) is 0 Å². The van der Waals surface area contributed by atoms with Crippen molar-refractivity contribution in [3.8, 4) is 0 Å². The number of anilines is 1. The van der Waals surface area contributed by atoms with Crippen molar-refractivity contribution >= 4 is 17.6 Å². The molecule has 1 aromatic heterocycles. The molecule has 0 saturated carbocycles. The highest BCUT2D eigenvalue weighted by atomic mass is 32.2. The lowest BCUT2D eigenvalue weighted by Crippen LogP contribution is -2.08. The van der Waals surface area contributed by atoms with Crippen LogP contribution in [0.1, 0.15) is 0 Å². The van der Waals surface area contributed by atoms with Gasteiger partial charge in [-0.05, 0) is 0 Å². The Hall–Kier alpha value is -0.640. The zero-order chi connectivity index (χ0) is 6.10. The van der Waals surface area contributed by atoms with Crippen molar-refractivity contribution in [1.29, 1.82) is 0 Å². The van der Waals surface area contributed by atoms with Crippen LogP contribution in [0.3, 0.4) is 0 Å². The Labute approximate surface area is 56.8 Å². The first kappa shape index (κ1) is 5.17. The van der Waals surface area contributed by atoms with Gasteiger partial charge in [0.1, 0.15) is 0 Å². The molecule has 0 aliphatic carbocycles. The minimum absolute atomic E-state index is 0.895. The summed E-state index contributed by atoms with van der Waals surface area (Å²) in [5, 5.41) is 4.03. The average molecular weight is 142 g/mol. The number of hydrogen-bond acceptors (Lipinski definition) is 4. The zero-order valence-corrected chi connectivity index (χ0v) is 5.57. The molecule has 0 unspecified atom stereocenters. The molecule has 0 spiro atoms. The highest BCUT2D eigenvalue weighted by Crippen LogP contribution is 2.28. The maximum absolute atomic E-state index is 5.05. The van der Waals surface area contributed by atoms with Crippen molar-refractivity contribution in [3.05, 3.63) is 6.39 Å². The summed E-state index contributed by atoms with van der Waals surface area (Å²) in [7, 11) is 0. The molecular weight excluding hydrogens is 136 g/mol. The predicted octanol–water partition coefficient (Wildman–Crippen LogP) is 1.19. The highest BCUT2D eigenvalue weighted by molar-refractivity contribution is 7.99. The van der Waals surface area contributed by atoms with Gasteiger partial charge in [-0.25, -0.2) is 0 Å². The molecule has 0 atom stereocenters. The Morgan fingerprint density at radius 1 is 1.78 bits per heavy atom. The van der Waals surface area contributed by atoms with Crippen LogP contribution in [0, 0.1) is 0 Å². The van der Waals surface area contributed by atoms with Crippen LogP contribution in [0.5, 0.6) is 0 Å². The van der Waals surface area contributed by atoms with Gasteiger partial charge >= 0.3 is 0 Å². The maximum Gasteiger partial charge on any atom is 0.204 e. The Balaban J connectivity index is 2.39. The van der Waals surface area contributed by atoms with E-state index in [0.717, 1.165) is 23.2 Å². The number of rotatable bonds is 0. The van der Waals surface area contributed by atoms with Crippen molar-refractivity contribution in [2.24, 2.45) is 0 Å². The molecule has 2 heterocycles. The molecule has 9 heavy (non-hydrogen) atoms. The molecule has 0 aromatic carbocycles. The molecule has 0 amide bonds. The fraction of sp³-hybridized carbons (Fsp3) is 0.400. The third-order valence-corrected chi connectivity index (χ3v) is 2.12. The molecule has 0 bridgehead atoms. The van der Waals surface area contributed by atoms with E-state index in [1.54, 1.807) is 11.8 Å². The number of thioether (sulfide) groups is 1. The summed E-state index contributed by atoms with van der Waals surface area (Å²) in [5.74, 6) is 1.97. The lowest BCUT2D eigenvalue weighted by molar-refractivity contribution is 0.470. The summed E-state index contributed by atoms with van der Waals surface area (Å²) in [4.78, 5) is 3.96. The van der Waals surface area contributed by atoms with E-state index in [-0.39, 0.29) is 0 Å². The van der Waals surface area contributed by atoms with Crippen LogP contribution in [0.15, 0.2) is 15.9 Å². The van der Waals surface area contributed by atoms with E-state index in [1.165, 1.54) is 6.39 Å². The minimum atomic E-state index is 0.895. The van der Waals surface area contributed by atoms with Crippen LogP contribution < -0.4 is 5.32 Å². The van der Waals surface area contributed by atoms with Gasteiger partial charge in [-0.2, -0.15) is 4.98 Å². The fourth-order valence-corrected chi connectivity index (χ4v) is 1.53. The van der Waals surface area contributed by atoms with E-state index in [2.05, 4.69) is 10.3 Å². The van der Waals surface area contributed by atoms with Crippen LogP contribution in [0.4, 0.5) is 5.82 Å². The van der Waals surface area contributed by atoms with E-state index < -0.39 is 0 Å². The van der Waals surface area contributed by atoms with Gasteiger partial charge in [0.25, 0.3) is 0 Å². The molecule has 1 N–H and O–H groups in total. The van der Waals surface area contributed by atoms with Crippen LogP contribution >= 0.6 is 11.8 Å². The SMILES string of the molecule is c1nc2c(o1)SCCN2. The smallest absolute Gasteiger partial charge is 0.204 e. The summed E-state index contributed by atoms with van der Waals surface area (Å²) in [6, 6.07) is 0. The van der Waals surface area contributed by atoms with E-state index in [1.807, 2.05) is 0 Å². The second kappa shape index (κ2) is 1.95. The first-order valence-electron chi connectivity index (χ1n) is 2.77. The van der Waals surface area contributed by atoms with Crippen molar-refractivity contribution in [2.45, 2.75) is 5.09 Å². The van der Waals surface area contributed by atoms with Crippen molar-refractivity contribution in [3.63, 3.8) is 0 Å². The lowest BCUT2D eigenvalue weighted by Gasteiger charge is -2.08. The molecular formula is C5H6N2OS. The Bertz CT molecular complexity index is 190. The van der Waals surface area contributed by atoms with Crippen molar-refractivity contribution in [2.75, 3.05) is 17.6 Å². The molecule has 4 heteroatoms. The maximum atomic E-state index is 5.05. The minimum Gasteiger partial charge on any atom is -0.435 e. The molecule has 1 aromatic rings. The van der Waals surface area contributed by atoms with Gasteiger partial charge in [-0.1, -0.05) is 11.8 Å². The lowest BCUT2D eigenvalue weighted by atomic mass is 10.6. The molecule has 3 nitrogen and oxygen atoms in total. The molecule has 0 saturated heterocycles. The summed E-state index contributed by atoms with van der Waals surface area (Å²) in [6.45, 7) is 0.990. The normalized spacial score (nSPS) is 16.4. The van der Waals surface area contributed by atoms with Crippen LogP contribution in [0.25, 0.3) is 0 Å². The standard InChI is InChI=1S/C5H6N2OS/c1-2-9-5-4(6-1)7-3-8-5/h3,6H,1-2H2. The van der Waals surface area contributed by atoms with Gasteiger partial charge in [0.15, 0.2) is 12.2 Å². The summed E-state index contributed by atoms with van der Waals surface area (Å²) < 4.78 is 5.05. The number of fused-ring (bicyclic) bond motifs is 1. The molecule has 1 aliphatic rings. The monoisotopic (exact) mass is 142 g/mol. The summed E-state index contributed by atoms with van der Waals surface area (Å²) >= 11 is 1.70. The van der Waals surface area contributed by atoms with Gasteiger partial charge in [-0.15, -0.1) is 0 Å². The number of nitrogens with one attached hydrogen (secondary N) is 1. The third-order valence-electron chi connectivity index (χ3n) is 1.16. The topological polar surface area (TPSA) is 38.1 Å². The molecule has 0 radical (unpaired) electrons. The molecule has 0 fully saturated rings. The predicted molar refractivity (Wildman–Crippen MR) is 35.7 cm³/mol. The number of hydrogen-bond donors (Lipinski definition) is 1. The Morgan fingerprint density at radius 2 is 2.78 bits per heavy atom. The van der Waals surface area contributed by atoms with Gasteiger partial charge in [0, 0.05) is 12.3 Å². The van der Waals surface area contributed by atoms with Gasteiger partial charge in [0.2, 0.25) is 5.09 Å². The Morgan fingerprint density at radius 3 is 3.67 bits per heavy atom. The van der Waals surface area contributed by atoms with Crippen molar-refractivity contribution in [1.82, 2.24) is 4.98 Å². The van der Waals surface area contributed by atoms with E-state index in [4.69, 9.17) is 4.42 Å². The van der Waals surface area contributed by atoms with E-state index in [9.17, 15) is 0 Å². The second-order valence-electron chi connectivity index (χ2n) is 1.76. The largest absolute Gasteiger partial charge is 0.435 e. The quantitative estimate of drug-likeness (QED) is 0.590. The Kier molecular flexibility index (Phi) is 1.12. The average Bonchev–Trinajstić information content (AvgIpc) is 2.33. The first-order chi connectivity index (χ1) is 4.47. The van der Waals surface area contributed by atoms with E-state index >= 15 is 0 Å². The fourth-order valence-electron chi connectivity index (χ4n) is 0.769. The van der Waals surface area contributed by atoms with Crippen LogP contribution in [0.2, 0.25) is 0 Å². The number of aromatic nitrogens is 1. The number of nitrogens with zero attached hydrogens (tertiary/aromatic N) is 1. The molecule has 2 rings (SSSR count). The second-order valence-corrected chi connectivity index (χ2v) is 2.83. The zero-order valence-electron chi connectivity index (χ0n) is 4.76. The molecule has 1 aliphatic heterocycles. The van der Waals surface area contributed by atoms with E-state index in [0.29, 0.717) is 0 Å². The van der Waals surface area contributed by atoms with Crippen LogP contribution in [-0.4, -0.2) is 17.3 Å². The molecule has 48 valence electrons. The third kappa shape index (κ3) is 0.790. The highest BCUT2D eigenvalue weighted by Gasteiger charge is 2.11. The first-order valence-corrected chi connectivity index (χ1v) is 3.75. The van der Waals surface area contributed by atoms with Gasteiger partial charge in [-0.3, -0.25) is 0 Å². The van der Waals surface area contributed by atoms with Gasteiger partial charge in [0.05, 0.1) is 0 Å². The van der Waals surface area contributed by atoms with Gasteiger partial charge < -0.3 is 9.73 Å².